The summed E-state index contributed by atoms with van der Waals surface area (Å²) in [5, 5.41) is 5.06. The van der Waals surface area contributed by atoms with Gasteiger partial charge in [0.15, 0.2) is 5.13 Å². The molecule has 1 aliphatic heterocycles. The highest BCUT2D eigenvalue weighted by Crippen LogP contribution is 2.26. The summed E-state index contributed by atoms with van der Waals surface area (Å²) in [5.41, 5.74) is 0.384. The van der Waals surface area contributed by atoms with Gasteiger partial charge < -0.3 is 10.2 Å². The predicted octanol–water partition coefficient (Wildman–Crippen LogP) is 0.0576. The third-order valence-corrected chi connectivity index (χ3v) is 4.01. The molecule has 1 aromatic heterocycles. The molecule has 2 rings (SSSR count). The number of nitrogens with one attached hydrogen (secondary N) is 1. The molecule has 0 aromatic carbocycles. The lowest BCUT2D eigenvalue weighted by atomic mass is 10.2. The number of anilines is 1. The van der Waals surface area contributed by atoms with Gasteiger partial charge in [0.25, 0.3) is 16.0 Å². The second-order valence-electron chi connectivity index (χ2n) is 4.20. The van der Waals surface area contributed by atoms with Gasteiger partial charge in [-0.1, -0.05) is 0 Å². The Morgan fingerprint density at radius 1 is 1.63 bits per heavy atom. The molecule has 1 aromatic rings. The SMILES string of the molecule is CCNC(=O)c1csc(N2CC(OS(C)(=O)=O)C2)n1. The van der Waals surface area contributed by atoms with E-state index in [2.05, 4.69) is 10.3 Å². The fourth-order valence-electron chi connectivity index (χ4n) is 1.67. The smallest absolute Gasteiger partial charge is 0.270 e. The minimum absolute atomic E-state index is 0.200. The van der Waals surface area contributed by atoms with Gasteiger partial charge in [0.2, 0.25) is 0 Å². The summed E-state index contributed by atoms with van der Waals surface area (Å²) in [4.78, 5) is 17.6. The summed E-state index contributed by atoms with van der Waals surface area (Å²) in [7, 11) is -3.41. The second-order valence-corrected chi connectivity index (χ2v) is 6.64. The van der Waals surface area contributed by atoms with Crippen molar-refractivity contribution in [3.05, 3.63) is 11.1 Å². The normalized spacial score (nSPS) is 16.2. The Bertz CT molecular complexity index is 563. The Morgan fingerprint density at radius 3 is 2.89 bits per heavy atom. The number of carbonyl (C=O) groups is 1. The van der Waals surface area contributed by atoms with E-state index in [1.165, 1.54) is 11.3 Å². The van der Waals surface area contributed by atoms with Crippen LogP contribution in [0.2, 0.25) is 0 Å². The summed E-state index contributed by atoms with van der Waals surface area (Å²) in [5.74, 6) is -0.200. The monoisotopic (exact) mass is 305 g/mol. The fraction of sp³-hybridized carbons (Fsp3) is 0.600. The molecule has 0 radical (unpaired) electrons. The molecule has 0 spiro atoms. The van der Waals surface area contributed by atoms with Crippen molar-refractivity contribution < 1.29 is 17.4 Å². The van der Waals surface area contributed by atoms with Crippen molar-refractivity contribution in [3.63, 3.8) is 0 Å². The molecule has 2 heterocycles. The van der Waals surface area contributed by atoms with Gasteiger partial charge in [-0.15, -0.1) is 11.3 Å². The average molecular weight is 305 g/mol. The van der Waals surface area contributed by atoms with Crippen molar-refractivity contribution in [1.82, 2.24) is 10.3 Å². The van der Waals surface area contributed by atoms with E-state index in [4.69, 9.17) is 4.18 Å². The molecule has 1 amide bonds. The van der Waals surface area contributed by atoms with Crippen LogP contribution < -0.4 is 10.2 Å². The van der Waals surface area contributed by atoms with Crippen LogP contribution in [-0.2, 0) is 14.3 Å². The van der Waals surface area contributed by atoms with Gasteiger partial charge in [0, 0.05) is 25.0 Å². The van der Waals surface area contributed by atoms with Crippen LogP contribution in [-0.4, -0.2) is 51.3 Å². The third-order valence-electron chi connectivity index (χ3n) is 2.49. The predicted molar refractivity (Wildman–Crippen MR) is 72.1 cm³/mol. The van der Waals surface area contributed by atoms with Crippen LogP contribution in [0.5, 0.6) is 0 Å². The molecule has 0 saturated carbocycles. The number of aromatic nitrogens is 1. The van der Waals surface area contributed by atoms with Crippen molar-refractivity contribution in [2.75, 3.05) is 30.8 Å². The van der Waals surface area contributed by atoms with Crippen molar-refractivity contribution in [1.29, 1.82) is 0 Å². The fourth-order valence-corrected chi connectivity index (χ4v) is 3.11. The second kappa shape index (κ2) is 5.43. The van der Waals surface area contributed by atoms with E-state index in [1.807, 2.05) is 11.8 Å². The van der Waals surface area contributed by atoms with Crippen molar-refractivity contribution in [3.8, 4) is 0 Å². The van der Waals surface area contributed by atoms with Gasteiger partial charge in [-0.3, -0.25) is 8.98 Å². The first-order valence-corrected chi connectivity index (χ1v) is 8.45. The number of hydrogen-bond donors (Lipinski definition) is 1. The topological polar surface area (TPSA) is 88.6 Å². The minimum atomic E-state index is -3.41. The molecule has 7 nitrogen and oxygen atoms in total. The highest BCUT2D eigenvalue weighted by atomic mass is 32.2. The molecule has 0 bridgehead atoms. The first kappa shape index (κ1) is 14.2. The van der Waals surface area contributed by atoms with Gasteiger partial charge in [0.1, 0.15) is 11.8 Å². The Morgan fingerprint density at radius 2 is 2.32 bits per heavy atom. The maximum atomic E-state index is 11.5. The first-order valence-electron chi connectivity index (χ1n) is 5.76. The number of rotatable bonds is 5. The Balaban J connectivity index is 1.90. The van der Waals surface area contributed by atoms with Gasteiger partial charge in [-0.25, -0.2) is 4.98 Å². The number of nitrogens with zero attached hydrogens (tertiary/aromatic N) is 2. The number of carbonyl (C=O) groups excluding carboxylic acids is 1. The van der Waals surface area contributed by atoms with E-state index in [0.717, 1.165) is 6.26 Å². The van der Waals surface area contributed by atoms with Gasteiger partial charge in [-0.2, -0.15) is 8.42 Å². The van der Waals surface area contributed by atoms with Crippen LogP contribution in [0.4, 0.5) is 5.13 Å². The molecule has 1 fully saturated rings. The van der Waals surface area contributed by atoms with E-state index in [1.54, 1.807) is 5.38 Å². The molecule has 1 aliphatic rings. The van der Waals surface area contributed by atoms with Gasteiger partial charge >= 0.3 is 0 Å². The number of thiazole rings is 1. The van der Waals surface area contributed by atoms with Crippen LogP contribution in [0, 0.1) is 0 Å². The molecule has 106 valence electrons. The molecule has 0 unspecified atom stereocenters. The quantitative estimate of drug-likeness (QED) is 0.774. The lowest BCUT2D eigenvalue weighted by molar-refractivity contribution is 0.0951. The molecule has 9 heteroatoms. The molecular weight excluding hydrogens is 290 g/mol. The van der Waals surface area contributed by atoms with E-state index in [-0.39, 0.29) is 12.0 Å². The summed E-state index contributed by atoms with van der Waals surface area (Å²) >= 11 is 1.36. The van der Waals surface area contributed by atoms with Crippen LogP contribution >= 0.6 is 11.3 Å². The molecule has 19 heavy (non-hydrogen) atoms. The van der Waals surface area contributed by atoms with Crippen LogP contribution in [0.3, 0.4) is 0 Å². The summed E-state index contributed by atoms with van der Waals surface area (Å²) in [6.45, 7) is 3.33. The highest BCUT2D eigenvalue weighted by molar-refractivity contribution is 7.86. The highest BCUT2D eigenvalue weighted by Gasteiger charge is 2.32. The maximum absolute atomic E-state index is 11.5. The average Bonchev–Trinajstić information content (AvgIpc) is 2.70. The van der Waals surface area contributed by atoms with Crippen LogP contribution in [0.15, 0.2) is 5.38 Å². The number of hydrogen-bond acceptors (Lipinski definition) is 7. The zero-order chi connectivity index (χ0) is 14.0. The Hall–Kier alpha value is -1.19. The zero-order valence-corrected chi connectivity index (χ0v) is 12.3. The minimum Gasteiger partial charge on any atom is -0.351 e. The van der Waals surface area contributed by atoms with Crippen LogP contribution in [0.1, 0.15) is 17.4 Å². The standard InChI is InChI=1S/C10H15N3O4S2/c1-3-11-9(14)8-6-18-10(12-8)13-4-7(5-13)17-19(2,15)16/h6-7H,3-5H2,1-2H3,(H,11,14). The van der Waals surface area contributed by atoms with E-state index >= 15 is 0 Å². The van der Waals surface area contributed by atoms with Crippen molar-refractivity contribution in [2.24, 2.45) is 0 Å². The maximum Gasteiger partial charge on any atom is 0.270 e. The Labute approximate surface area is 115 Å². The van der Waals surface area contributed by atoms with Crippen molar-refractivity contribution >= 4 is 32.5 Å². The summed E-state index contributed by atoms with van der Waals surface area (Å²) < 4.78 is 26.7. The lowest BCUT2D eigenvalue weighted by Gasteiger charge is -2.37. The van der Waals surface area contributed by atoms with Gasteiger partial charge in [-0.05, 0) is 6.92 Å². The molecule has 0 atom stereocenters. The summed E-state index contributed by atoms with van der Waals surface area (Å²) in [6.07, 6.45) is 0.707. The summed E-state index contributed by atoms with van der Waals surface area (Å²) in [6, 6.07) is 0. The van der Waals surface area contributed by atoms with Crippen molar-refractivity contribution in [2.45, 2.75) is 13.0 Å². The molecular formula is C10H15N3O4S2. The largest absolute Gasteiger partial charge is 0.351 e. The molecule has 0 aliphatic carbocycles. The molecule has 1 N–H and O–H groups in total. The third kappa shape index (κ3) is 3.64. The van der Waals surface area contributed by atoms with E-state index in [9.17, 15) is 13.2 Å². The van der Waals surface area contributed by atoms with E-state index < -0.39 is 10.1 Å². The first-order chi connectivity index (χ1) is 8.89. The van der Waals surface area contributed by atoms with Gasteiger partial charge in [0.05, 0.1) is 6.26 Å². The molecule has 1 saturated heterocycles. The van der Waals surface area contributed by atoms with Crippen LogP contribution in [0.25, 0.3) is 0 Å². The Kier molecular flexibility index (Phi) is 4.07. The lowest BCUT2D eigenvalue weighted by Crippen LogP contribution is -2.53. The van der Waals surface area contributed by atoms with E-state index in [0.29, 0.717) is 30.5 Å². The zero-order valence-electron chi connectivity index (χ0n) is 10.6. The number of amides is 1.